The number of rotatable bonds is 8. The smallest absolute Gasteiger partial charge is 0.306 e. The van der Waals surface area contributed by atoms with Gasteiger partial charge in [0.15, 0.2) is 0 Å². The van der Waals surface area contributed by atoms with Crippen LogP contribution >= 0.6 is 0 Å². The number of ether oxygens (including phenoxy) is 2. The minimum Gasteiger partial charge on any atom is -0.494 e. The van der Waals surface area contributed by atoms with Crippen LogP contribution in [0, 0.1) is 0 Å². The molecule has 1 atom stereocenters. The molecule has 5 nitrogen and oxygen atoms in total. The standard InChI is InChI=1S/C16H23NO4/c1-4-12(3)21-16(19)11-10-15(18)17-13-6-8-14(9-7-13)20-5-2/h6-9,12H,4-5,10-11H2,1-3H3,(H,17,18). The summed E-state index contributed by atoms with van der Waals surface area (Å²) in [5.74, 6) is 0.207. The summed E-state index contributed by atoms with van der Waals surface area (Å²) in [5, 5.41) is 2.73. The number of carbonyl (C=O) groups excluding carboxylic acids is 2. The fraction of sp³-hybridized carbons (Fsp3) is 0.500. The number of nitrogens with one attached hydrogen (secondary N) is 1. The Morgan fingerprint density at radius 3 is 2.38 bits per heavy atom. The lowest BCUT2D eigenvalue weighted by Gasteiger charge is -2.10. The van der Waals surface area contributed by atoms with Crippen molar-refractivity contribution < 1.29 is 19.1 Å². The Balaban J connectivity index is 2.34. The van der Waals surface area contributed by atoms with E-state index in [1.807, 2.05) is 20.8 Å². The molecule has 0 bridgehead atoms. The predicted molar refractivity (Wildman–Crippen MR) is 81.3 cm³/mol. The van der Waals surface area contributed by atoms with Crippen molar-refractivity contribution in [1.29, 1.82) is 0 Å². The molecule has 0 saturated carbocycles. The first-order chi connectivity index (χ1) is 10.0. The summed E-state index contributed by atoms with van der Waals surface area (Å²) in [5.41, 5.74) is 0.679. The Hall–Kier alpha value is -2.04. The van der Waals surface area contributed by atoms with Crippen LogP contribution in [0.15, 0.2) is 24.3 Å². The summed E-state index contributed by atoms with van der Waals surface area (Å²) in [6.07, 6.45) is 0.867. The molecule has 116 valence electrons. The van der Waals surface area contributed by atoms with Gasteiger partial charge in [0.25, 0.3) is 0 Å². The maximum absolute atomic E-state index is 11.7. The number of esters is 1. The van der Waals surface area contributed by atoms with E-state index in [1.54, 1.807) is 24.3 Å². The molecule has 1 N–H and O–H groups in total. The third kappa shape index (κ3) is 6.79. The highest BCUT2D eigenvalue weighted by atomic mass is 16.5. The third-order valence-electron chi connectivity index (χ3n) is 2.91. The maximum atomic E-state index is 11.7. The molecule has 0 aliphatic carbocycles. The summed E-state index contributed by atoms with van der Waals surface area (Å²) in [6.45, 7) is 6.28. The van der Waals surface area contributed by atoms with Crippen molar-refractivity contribution in [3.05, 3.63) is 24.3 Å². The summed E-state index contributed by atoms with van der Waals surface area (Å²) in [4.78, 5) is 23.2. The molecule has 1 aromatic carbocycles. The van der Waals surface area contributed by atoms with Crippen molar-refractivity contribution in [2.24, 2.45) is 0 Å². The molecule has 0 heterocycles. The number of carbonyl (C=O) groups is 2. The molecule has 0 spiro atoms. The first-order valence-electron chi connectivity index (χ1n) is 7.27. The van der Waals surface area contributed by atoms with E-state index >= 15 is 0 Å². The van der Waals surface area contributed by atoms with Gasteiger partial charge in [-0.1, -0.05) is 6.92 Å². The number of benzene rings is 1. The van der Waals surface area contributed by atoms with Crippen LogP contribution in [0.4, 0.5) is 5.69 Å². The highest BCUT2D eigenvalue weighted by molar-refractivity contribution is 5.92. The minimum absolute atomic E-state index is 0.0905. The molecule has 0 radical (unpaired) electrons. The van der Waals surface area contributed by atoms with Crippen LogP contribution in [0.3, 0.4) is 0 Å². The van der Waals surface area contributed by atoms with Gasteiger partial charge in [-0.2, -0.15) is 0 Å². The van der Waals surface area contributed by atoms with Gasteiger partial charge in [0, 0.05) is 12.1 Å². The first-order valence-corrected chi connectivity index (χ1v) is 7.27. The van der Waals surface area contributed by atoms with Crippen LogP contribution in [0.1, 0.15) is 40.0 Å². The molecule has 21 heavy (non-hydrogen) atoms. The van der Waals surface area contributed by atoms with Gasteiger partial charge in [-0.15, -0.1) is 0 Å². The Labute approximate surface area is 125 Å². The highest BCUT2D eigenvalue weighted by Crippen LogP contribution is 2.16. The van der Waals surface area contributed by atoms with Crippen molar-refractivity contribution in [3.8, 4) is 5.75 Å². The van der Waals surface area contributed by atoms with Gasteiger partial charge in [-0.3, -0.25) is 9.59 Å². The van der Waals surface area contributed by atoms with Gasteiger partial charge >= 0.3 is 5.97 Å². The highest BCUT2D eigenvalue weighted by Gasteiger charge is 2.11. The number of hydrogen-bond acceptors (Lipinski definition) is 4. The largest absolute Gasteiger partial charge is 0.494 e. The number of hydrogen-bond donors (Lipinski definition) is 1. The average Bonchev–Trinajstić information content (AvgIpc) is 2.47. The van der Waals surface area contributed by atoms with Crippen LogP contribution in [0.25, 0.3) is 0 Å². The van der Waals surface area contributed by atoms with Gasteiger partial charge in [-0.05, 0) is 44.5 Å². The average molecular weight is 293 g/mol. The molecule has 1 rings (SSSR count). The molecule has 1 unspecified atom stereocenters. The minimum atomic E-state index is -0.341. The molecule has 5 heteroatoms. The van der Waals surface area contributed by atoms with E-state index in [0.717, 1.165) is 12.2 Å². The summed E-state index contributed by atoms with van der Waals surface area (Å²) in [7, 11) is 0. The second-order valence-corrected chi connectivity index (χ2v) is 4.71. The van der Waals surface area contributed by atoms with Gasteiger partial charge in [0.1, 0.15) is 5.75 Å². The van der Waals surface area contributed by atoms with Gasteiger partial charge in [-0.25, -0.2) is 0 Å². The van der Waals surface area contributed by atoms with Crippen molar-refractivity contribution in [1.82, 2.24) is 0 Å². The lowest BCUT2D eigenvalue weighted by atomic mass is 10.2. The zero-order chi connectivity index (χ0) is 15.7. The molecule has 0 fully saturated rings. The summed E-state index contributed by atoms with van der Waals surface area (Å²) >= 11 is 0. The zero-order valence-electron chi connectivity index (χ0n) is 12.8. The van der Waals surface area contributed by atoms with Gasteiger partial charge < -0.3 is 14.8 Å². The van der Waals surface area contributed by atoms with E-state index in [-0.39, 0.29) is 30.8 Å². The van der Waals surface area contributed by atoms with Crippen molar-refractivity contribution in [3.63, 3.8) is 0 Å². The Kier molecular flexibility index (Phi) is 7.29. The molecule has 1 amide bonds. The molecule has 0 aliphatic heterocycles. The van der Waals surface area contributed by atoms with Crippen molar-refractivity contribution in [2.45, 2.75) is 46.1 Å². The van der Waals surface area contributed by atoms with E-state index in [9.17, 15) is 9.59 Å². The Bertz CT molecular complexity index is 456. The monoisotopic (exact) mass is 293 g/mol. The van der Waals surface area contributed by atoms with E-state index in [0.29, 0.717) is 12.3 Å². The lowest BCUT2D eigenvalue weighted by molar-refractivity contribution is -0.149. The summed E-state index contributed by atoms with van der Waals surface area (Å²) in [6, 6.07) is 7.10. The fourth-order valence-corrected chi connectivity index (χ4v) is 1.61. The molecular formula is C16H23NO4. The Morgan fingerprint density at radius 2 is 1.81 bits per heavy atom. The van der Waals surface area contributed by atoms with E-state index < -0.39 is 0 Å². The maximum Gasteiger partial charge on any atom is 0.306 e. The predicted octanol–water partition coefficient (Wildman–Crippen LogP) is 3.15. The Morgan fingerprint density at radius 1 is 1.14 bits per heavy atom. The zero-order valence-corrected chi connectivity index (χ0v) is 12.8. The molecule has 0 saturated heterocycles. The van der Waals surface area contributed by atoms with Crippen LogP contribution in [0.5, 0.6) is 5.75 Å². The van der Waals surface area contributed by atoms with Gasteiger partial charge in [0.05, 0.1) is 19.1 Å². The van der Waals surface area contributed by atoms with E-state index in [1.165, 1.54) is 0 Å². The molecular weight excluding hydrogens is 270 g/mol. The number of anilines is 1. The number of amides is 1. The first kappa shape index (κ1) is 17.0. The second-order valence-electron chi connectivity index (χ2n) is 4.71. The second kappa shape index (κ2) is 9.00. The lowest BCUT2D eigenvalue weighted by Crippen LogP contribution is -2.17. The SMILES string of the molecule is CCOc1ccc(NC(=O)CCC(=O)OC(C)CC)cc1. The topological polar surface area (TPSA) is 64.6 Å². The van der Waals surface area contributed by atoms with Crippen molar-refractivity contribution in [2.75, 3.05) is 11.9 Å². The fourth-order valence-electron chi connectivity index (χ4n) is 1.61. The normalized spacial score (nSPS) is 11.6. The quantitative estimate of drug-likeness (QED) is 0.748. The molecule has 1 aromatic rings. The van der Waals surface area contributed by atoms with Crippen LogP contribution in [0.2, 0.25) is 0 Å². The van der Waals surface area contributed by atoms with Crippen LogP contribution in [-0.2, 0) is 14.3 Å². The van der Waals surface area contributed by atoms with E-state index in [2.05, 4.69) is 5.32 Å². The summed E-state index contributed by atoms with van der Waals surface area (Å²) < 4.78 is 10.4. The third-order valence-corrected chi connectivity index (χ3v) is 2.91. The molecule has 0 aliphatic rings. The van der Waals surface area contributed by atoms with Crippen LogP contribution in [-0.4, -0.2) is 24.6 Å². The van der Waals surface area contributed by atoms with Crippen molar-refractivity contribution >= 4 is 17.6 Å². The van der Waals surface area contributed by atoms with Gasteiger partial charge in [0.2, 0.25) is 5.91 Å². The van der Waals surface area contributed by atoms with E-state index in [4.69, 9.17) is 9.47 Å². The van der Waals surface area contributed by atoms with Crippen LogP contribution < -0.4 is 10.1 Å². The molecule has 0 aromatic heterocycles.